The van der Waals surface area contributed by atoms with Crippen molar-refractivity contribution in [2.24, 2.45) is 18.7 Å². The number of nitrogens with two attached hydrogens (primary N) is 1. The number of amides is 3. The first-order valence-electron chi connectivity index (χ1n) is 13.7. The number of nitrogens with one attached hydrogen (secondary N) is 2. The summed E-state index contributed by atoms with van der Waals surface area (Å²) < 4.78 is 35.1. The van der Waals surface area contributed by atoms with E-state index in [1.165, 1.54) is 43.1 Å². The lowest BCUT2D eigenvalue weighted by Gasteiger charge is -2.32. The van der Waals surface area contributed by atoms with Gasteiger partial charge in [0.15, 0.2) is 17.4 Å². The van der Waals surface area contributed by atoms with Crippen LogP contribution < -0.4 is 21.1 Å². The molecule has 1 saturated heterocycles. The van der Waals surface area contributed by atoms with Crippen LogP contribution in [0.2, 0.25) is 0 Å². The van der Waals surface area contributed by atoms with Crippen molar-refractivity contribution in [2.75, 3.05) is 33.3 Å². The van der Waals surface area contributed by atoms with E-state index < -0.39 is 17.5 Å². The number of halogens is 2. The Balaban J connectivity index is 1.75. The number of piperidine rings is 1. The zero-order valence-corrected chi connectivity index (χ0v) is 24.4. The standard InChI is InChI=1S/C30H38F2N6O4/c1-6-19(21(7-2)30(41)38-14-10-20(11-15-38)28(39)34-13-12-33)16-18(3)36-29(40)27-35-17-23(37(27)4)22-8-9-24(42-5)26(32)25(22)31/h7-9,16-17,20H,2,6,10-15,33H2,1,3-5H3,(H,34,39)(H,36,40)/b18-16+,21-19+. The summed E-state index contributed by atoms with van der Waals surface area (Å²) in [5, 5.41) is 5.55. The third-order valence-electron chi connectivity index (χ3n) is 7.19. The zero-order valence-electron chi connectivity index (χ0n) is 24.4. The molecule has 1 aromatic carbocycles. The van der Waals surface area contributed by atoms with Crippen LogP contribution in [-0.2, 0) is 16.6 Å². The molecule has 0 saturated carbocycles. The molecule has 226 valence electrons. The molecule has 1 aliphatic rings. The second kappa shape index (κ2) is 14.5. The SMILES string of the molecule is C=C/C(C(=O)N1CCC(C(=O)NCCN)CC1)=C(\C=C(/C)NC(=O)c1ncc(-c2ccc(OC)c(F)c2F)n1C)CC. The summed E-state index contributed by atoms with van der Waals surface area (Å²) in [6.07, 6.45) is 6.08. The lowest BCUT2D eigenvalue weighted by Crippen LogP contribution is -2.44. The summed E-state index contributed by atoms with van der Waals surface area (Å²) in [5.74, 6) is -3.46. The number of carbonyl (C=O) groups is 3. The van der Waals surface area contributed by atoms with E-state index in [4.69, 9.17) is 10.5 Å². The Morgan fingerprint density at radius 3 is 2.50 bits per heavy atom. The van der Waals surface area contributed by atoms with Crippen molar-refractivity contribution >= 4 is 17.7 Å². The number of hydrogen-bond acceptors (Lipinski definition) is 6. The third-order valence-corrected chi connectivity index (χ3v) is 7.19. The van der Waals surface area contributed by atoms with Gasteiger partial charge < -0.3 is 30.6 Å². The maximum Gasteiger partial charge on any atom is 0.291 e. The van der Waals surface area contributed by atoms with Crippen LogP contribution in [0.3, 0.4) is 0 Å². The first-order valence-corrected chi connectivity index (χ1v) is 13.7. The number of rotatable bonds is 11. The Labute approximate surface area is 244 Å². The highest BCUT2D eigenvalue weighted by Gasteiger charge is 2.28. The number of carbonyl (C=O) groups excluding carboxylic acids is 3. The zero-order chi connectivity index (χ0) is 31.0. The molecule has 0 bridgehead atoms. The predicted molar refractivity (Wildman–Crippen MR) is 155 cm³/mol. The molecule has 0 unspecified atom stereocenters. The van der Waals surface area contributed by atoms with E-state index in [0.29, 0.717) is 62.3 Å². The Kier molecular flexibility index (Phi) is 11.1. The first-order chi connectivity index (χ1) is 20.1. The number of methoxy groups -OCH3 is 1. The third kappa shape index (κ3) is 7.11. The van der Waals surface area contributed by atoms with Crippen molar-refractivity contribution in [1.82, 2.24) is 25.1 Å². The number of imidazole rings is 1. The van der Waals surface area contributed by atoms with Crippen molar-refractivity contribution in [3.63, 3.8) is 0 Å². The summed E-state index contributed by atoms with van der Waals surface area (Å²) >= 11 is 0. The topological polar surface area (TPSA) is 132 Å². The molecule has 1 aromatic heterocycles. The Hall–Kier alpha value is -4.32. The minimum atomic E-state index is -1.13. The molecule has 1 aliphatic heterocycles. The molecular formula is C30H38F2N6O4. The number of hydrogen-bond donors (Lipinski definition) is 3. The summed E-state index contributed by atoms with van der Waals surface area (Å²) in [4.78, 5) is 44.5. The van der Waals surface area contributed by atoms with E-state index in [1.54, 1.807) is 17.9 Å². The van der Waals surface area contributed by atoms with Gasteiger partial charge in [0.05, 0.1) is 19.0 Å². The number of allylic oxidation sites excluding steroid dienone is 3. The van der Waals surface area contributed by atoms with Crippen LogP contribution in [0.4, 0.5) is 8.78 Å². The Morgan fingerprint density at radius 2 is 1.90 bits per heavy atom. The summed E-state index contributed by atoms with van der Waals surface area (Å²) in [7, 11) is 2.76. The molecule has 0 atom stereocenters. The van der Waals surface area contributed by atoms with Gasteiger partial charge >= 0.3 is 0 Å². The van der Waals surface area contributed by atoms with E-state index in [9.17, 15) is 23.2 Å². The predicted octanol–water partition coefficient (Wildman–Crippen LogP) is 3.21. The fourth-order valence-electron chi connectivity index (χ4n) is 4.87. The molecule has 1 fully saturated rings. The minimum Gasteiger partial charge on any atom is -0.494 e. The maximum absolute atomic E-state index is 14.7. The van der Waals surface area contributed by atoms with Crippen LogP contribution in [0.25, 0.3) is 11.3 Å². The van der Waals surface area contributed by atoms with Gasteiger partial charge in [-0.25, -0.2) is 9.37 Å². The molecule has 3 rings (SSSR count). The minimum absolute atomic E-state index is 0.0196. The van der Waals surface area contributed by atoms with Crippen molar-refractivity contribution < 1.29 is 27.9 Å². The van der Waals surface area contributed by atoms with Gasteiger partial charge in [0, 0.05) is 56.0 Å². The van der Waals surface area contributed by atoms with E-state index in [2.05, 4.69) is 22.2 Å². The molecule has 42 heavy (non-hydrogen) atoms. The van der Waals surface area contributed by atoms with Crippen LogP contribution >= 0.6 is 0 Å². The number of aromatic nitrogens is 2. The van der Waals surface area contributed by atoms with Crippen LogP contribution in [0.1, 0.15) is 43.7 Å². The highest BCUT2D eigenvalue weighted by Crippen LogP contribution is 2.30. The van der Waals surface area contributed by atoms with E-state index in [-0.39, 0.29) is 40.6 Å². The second-order valence-corrected chi connectivity index (χ2v) is 9.89. The molecule has 10 nitrogen and oxygen atoms in total. The largest absolute Gasteiger partial charge is 0.494 e. The van der Waals surface area contributed by atoms with Gasteiger partial charge in [-0.1, -0.05) is 19.6 Å². The molecule has 0 spiro atoms. The highest BCUT2D eigenvalue weighted by atomic mass is 19.2. The smallest absolute Gasteiger partial charge is 0.291 e. The van der Waals surface area contributed by atoms with Crippen LogP contribution in [0.15, 0.2) is 53.9 Å². The summed E-state index contributed by atoms with van der Waals surface area (Å²) in [6, 6.07) is 2.65. The van der Waals surface area contributed by atoms with Gasteiger partial charge in [-0.15, -0.1) is 0 Å². The van der Waals surface area contributed by atoms with Gasteiger partial charge in [0.1, 0.15) is 0 Å². The fourth-order valence-corrected chi connectivity index (χ4v) is 4.87. The fraction of sp³-hybridized carbons (Fsp3) is 0.400. The normalized spacial score (nSPS) is 14.7. The van der Waals surface area contributed by atoms with Gasteiger partial charge in [0.25, 0.3) is 11.8 Å². The summed E-state index contributed by atoms with van der Waals surface area (Å²) in [5.41, 5.74) is 7.12. The molecule has 3 amide bonds. The van der Waals surface area contributed by atoms with Crippen molar-refractivity contribution in [3.8, 4) is 17.0 Å². The average molecular weight is 585 g/mol. The van der Waals surface area contributed by atoms with Crippen molar-refractivity contribution in [1.29, 1.82) is 0 Å². The summed E-state index contributed by atoms with van der Waals surface area (Å²) in [6.45, 7) is 9.06. The quantitative estimate of drug-likeness (QED) is 0.275. The Morgan fingerprint density at radius 1 is 1.21 bits per heavy atom. The molecule has 4 N–H and O–H groups in total. The number of ether oxygens (including phenoxy) is 1. The molecule has 2 heterocycles. The molecule has 0 radical (unpaired) electrons. The molecule has 2 aromatic rings. The number of likely N-dealkylation sites (tertiary alicyclic amines) is 1. The highest BCUT2D eigenvalue weighted by molar-refractivity contribution is 5.98. The van der Waals surface area contributed by atoms with Gasteiger partial charge in [-0.2, -0.15) is 4.39 Å². The van der Waals surface area contributed by atoms with Crippen LogP contribution in [0.5, 0.6) is 5.75 Å². The number of nitrogens with zero attached hydrogens (tertiary/aromatic N) is 3. The van der Waals surface area contributed by atoms with Gasteiger partial charge in [-0.3, -0.25) is 14.4 Å². The van der Waals surface area contributed by atoms with Crippen molar-refractivity contribution in [2.45, 2.75) is 33.1 Å². The lowest BCUT2D eigenvalue weighted by molar-refractivity contribution is -0.132. The average Bonchev–Trinajstić information content (AvgIpc) is 3.37. The van der Waals surface area contributed by atoms with Gasteiger partial charge in [-0.05, 0) is 50.0 Å². The van der Waals surface area contributed by atoms with Crippen LogP contribution in [-0.4, -0.2) is 65.5 Å². The molecule has 0 aliphatic carbocycles. The van der Waals surface area contributed by atoms with Crippen molar-refractivity contribution in [3.05, 3.63) is 71.4 Å². The number of benzene rings is 1. The van der Waals surface area contributed by atoms with E-state index in [1.807, 2.05) is 6.92 Å². The first kappa shape index (κ1) is 32.2. The van der Waals surface area contributed by atoms with E-state index >= 15 is 0 Å². The van der Waals surface area contributed by atoms with Crippen LogP contribution in [0, 0.1) is 17.6 Å². The maximum atomic E-state index is 14.7. The lowest BCUT2D eigenvalue weighted by atomic mass is 9.94. The van der Waals surface area contributed by atoms with E-state index in [0.717, 1.165) is 0 Å². The van der Waals surface area contributed by atoms with Gasteiger partial charge in [0.2, 0.25) is 11.7 Å². The Bertz CT molecular complexity index is 1410. The monoisotopic (exact) mass is 584 g/mol. The second-order valence-electron chi connectivity index (χ2n) is 9.89. The molecular weight excluding hydrogens is 546 g/mol. The molecule has 12 heteroatoms.